The van der Waals surface area contributed by atoms with Crippen molar-refractivity contribution < 1.29 is 4.39 Å². The lowest BCUT2D eigenvalue weighted by atomic mass is 10.1. The predicted molar refractivity (Wildman–Crippen MR) is 78.4 cm³/mol. The predicted octanol–water partition coefficient (Wildman–Crippen LogP) is 4.37. The zero-order valence-corrected chi connectivity index (χ0v) is 12.1. The van der Waals surface area contributed by atoms with E-state index in [1.807, 2.05) is 6.07 Å². The molecule has 0 saturated heterocycles. The number of halogens is 2. The normalized spacial score (nSPS) is 17.5. The monoisotopic (exact) mass is 319 g/mol. The number of hydrogen-bond acceptors (Lipinski definition) is 1. The van der Waals surface area contributed by atoms with Gasteiger partial charge in [-0.05, 0) is 42.2 Å². The maximum Gasteiger partial charge on any atom is 0.127 e. The van der Waals surface area contributed by atoms with Gasteiger partial charge in [-0.2, -0.15) is 0 Å². The van der Waals surface area contributed by atoms with E-state index in [1.165, 1.54) is 17.2 Å². The number of aryl methyl sites for hydroxylation is 1. The first-order valence-corrected chi connectivity index (χ1v) is 7.28. The Morgan fingerprint density at radius 1 is 1.21 bits per heavy atom. The Balaban J connectivity index is 1.72. The summed E-state index contributed by atoms with van der Waals surface area (Å²) in [6.45, 7) is 0.560. The minimum absolute atomic E-state index is 0.151. The molecule has 1 nitrogen and oxygen atoms in total. The molecule has 0 amide bonds. The first-order chi connectivity index (χ1) is 9.24. The highest BCUT2D eigenvalue weighted by Crippen LogP contribution is 2.31. The van der Waals surface area contributed by atoms with Gasteiger partial charge >= 0.3 is 0 Å². The van der Waals surface area contributed by atoms with Gasteiger partial charge in [0.1, 0.15) is 5.82 Å². The van der Waals surface area contributed by atoms with Crippen molar-refractivity contribution >= 4 is 15.9 Å². The molecular formula is C16H15BrFN. The summed E-state index contributed by atoms with van der Waals surface area (Å²) in [4.78, 5) is 0. The van der Waals surface area contributed by atoms with E-state index >= 15 is 0 Å². The zero-order valence-electron chi connectivity index (χ0n) is 10.5. The number of nitrogens with one attached hydrogen (secondary N) is 1. The van der Waals surface area contributed by atoms with Crippen LogP contribution in [0.15, 0.2) is 46.9 Å². The zero-order chi connectivity index (χ0) is 13.2. The van der Waals surface area contributed by atoms with Gasteiger partial charge in [0.25, 0.3) is 0 Å². The van der Waals surface area contributed by atoms with E-state index in [0.717, 1.165) is 17.3 Å². The van der Waals surface area contributed by atoms with Crippen molar-refractivity contribution in [3.05, 3.63) is 69.4 Å². The van der Waals surface area contributed by atoms with Crippen LogP contribution >= 0.6 is 15.9 Å². The molecule has 1 N–H and O–H groups in total. The van der Waals surface area contributed by atoms with E-state index in [1.54, 1.807) is 6.07 Å². The lowest BCUT2D eigenvalue weighted by molar-refractivity contribution is 0.513. The van der Waals surface area contributed by atoms with E-state index in [2.05, 4.69) is 45.5 Å². The summed E-state index contributed by atoms with van der Waals surface area (Å²) in [5, 5.41) is 3.46. The summed E-state index contributed by atoms with van der Waals surface area (Å²) in [7, 11) is 0. The molecule has 0 bridgehead atoms. The van der Waals surface area contributed by atoms with Crippen LogP contribution in [0.5, 0.6) is 0 Å². The fourth-order valence-electron chi connectivity index (χ4n) is 2.68. The third kappa shape index (κ3) is 2.72. The van der Waals surface area contributed by atoms with Crippen LogP contribution in [0.1, 0.15) is 29.2 Å². The average molecular weight is 320 g/mol. The van der Waals surface area contributed by atoms with Gasteiger partial charge in [-0.3, -0.25) is 0 Å². The molecule has 1 atom stereocenters. The molecule has 3 heteroatoms. The van der Waals surface area contributed by atoms with Crippen molar-refractivity contribution in [3.63, 3.8) is 0 Å². The highest BCUT2D eigenvalue weighted by Gasteiger charge is 2.21. The summed E-state index contributed by atoms with van der Waals surface area (Å²) in [6, 6.07) is 13.9. The third-order valence-corrected chi connectivity index (χ3v) is 4.17. The second-order valence-corrected chi connectivity index (χ2v) is 5.82. The van der Waals surface area contributed by atoms with Gasteiger partial charge in [-0.25, -0.2) is 4.39 Å². The average Bonchev–Trinajstić information content (AvgIpc) is 2.83. The first-order valence-electron chi connectivity index (χ1n) is 6.49. The van der Waals surface area contributed by atoms with Crippen LogP contribution in [0, 0.1) is 5.82 Å². The third-order valence-electron chi connectivity index (χ3n) is 3.68. The highest BCUT2D eigenvalue weighted by molar-refractivity contribution is 9.10. The van der Waals surface area contributed by atoms with Gasteiger partial charge in [0.15, 0.2) is 0 Å². The van der Waals surface area contributed by atoms with Crippen molar-refractivity contribution in [2.24, 2.45) is 0 Å². The Hall–Kier alpha value is -1.19. The maximum atomic E-state index is 13.7. The number of benzene rings is 2. The SMILES string of the molecule is Fc1ccc(Br)cc1CNC1CCc2ccccc21. The van der Waals surface area contributed by atoms with Crippen LogP contribution in [-0.2, 0) is 13.0 Å². The molecule has 0 heterocycles. The van der Waals surface area contributed by atoms with Crippen molar-refractivity contribution in [2.75, 3.05) is 0 Å². The molecule has 2 aromatic carbocycles. The topological polar surface area (TPSA) is 12.0 Å². The molecule has 19 heavy (non-hydrogen) atoms. The van der Waals surface area contributed by atoms with E-state index in [9.17, 15) is 4.39 Å². The Kier molecular flexibility index (Phi) is 3.67. The summed E-state index contributed by atoms with van der Waals surface area (Å²) >= 11 is 3.38. The standard InChI is InChI=1S/C16H15BrFN/c17-13-6-7-15(18)12(9-13)10-19-16-8-5-11-3-1-2-4-14(11)16/h1-4,6-7,9,16,19H,5,8,10H2. The minimum Gasteiger partial charge on any atom is -0.306 e. The van der Waals surface area contributed by atoms with Gasteiger partial charge in [-0.1, -0.05) is 40.2 Å². The van der Waals surface area contributed by atoms with Gasteiger partial charge in [-0.15, -0.1) is 0 Å². The molecule has 0 spiro atoms. The Morgan fingerprint density at radius 2 is 2.05 bits per heavy atom. The molecule has 98 valence electrons. The lowest BCUT2D eigenvalue weighted by Gasteiger charge is -2.14. The van der Waals surface area contributed by atoms with Crippen LogP contribution in [0.2, 0.25) is 0 Å². The smallest absolute Gasteiger partial charge is 0.127 e. The molecule has 1 aliphatic rings. The van der Waals surface area contributed by atoms with Crippen molar-refractivity contribution in [2.45, 2.75) is 25.4 Å². The maximum absolute atomic E-state index is 13.7. The van der Waals surface area contributed by atoms with Gasteiger partial charge in [0.05, 0.1) is 0 Å². The van der Waals surface area contributed by atoms with Crippen LogP contribution in [0.25, 0.3) is 0 Å². The molecule has 2 aromatic rings. The molecule has 1 unspecified atom stereocenters. The van der Waals surface area contributed by atoms with Gasteiger partial charge < -0.3 is 5.32 Å². The fourth-order valence-corrected chi connectivity index (χ4v) is 3.09. The van der Waals surface area contributed by atoms with E-state index < -0.39 is 0 Å². The molecule has 0 saturated carbocycles. The summed E-state index contributed by atoms with van der Waals surface area (Å²) in [6.07, 6.45) is 2.20. The van der Waals surface area contributed by atoms with Gasteiger partial charge in [0, 0.05) is 22.6 Å². The van der Waals surface area contributed by atoms with Crippen molar-refractivity contribution in [3.8, 4) is 0 Å². The van der Waals surface area contributed by atoms with Crippen molar-refractivity contribution in [1.82, 2.24) is 5.32 Å². The highest BCUT2D eigenvalue weighted by atomic mass is 79.9. The van der Waals surface area contributed by atoms with E-state index in [0.29, 0.717) is 18.2 Å². The van der Waals surface area contributed by atoms with Crippen LogP contribution in [0.4, 0.5) is 4.39 Å². The molecule has 0 fully saturated rings. The number of hydrogen-bond donors (Lipinski definition) is 1. The van der Waals surface area contributed by atoms with Crippen LogP contribution < -0.4 is 5.32 Å². The molecule has 0 aliphatic heterocycles. The second-order valence-electron chi connectivity index (χ2n) is 4.91. The second kappa shape index (κ2) is 5.43. The number of rotatable bonds is 3. The van der Waals surface area contributed by atoms with Crippen LogP contribution in [-0.4, -0.2) is 0 Å². The van der Waals surface area contributed by atoms with E-state index in [-0.39, 0.29) is 5.82 Å². The molecule has 0 radical (unpaired) electrons. The molecule has 1 aliphatic carbocycles. The minimum atomic E-state index is -0.151. The fraction of sp³-hybridized carbons (Fsp3) is 0.250. The Labute approximate surface area is 121 Å². The summed E-state index contributed by atoms with van der Waals surface area (Å²) in [5.41, 5.74) is 3.48. The van der Waals surface area contributed by atoms with Crippen molar-refractivity contribution in [1.29, 1.82) is 0 Å². The largest absolute Gasteiger partial charge is 0.306 e. The lowest BCUT2D eigenvalue weighted by Crippen LogP contribution is -2.19. The van der Waals surface area contributed by atoms with Gasteiger partial charge in [0.2, 0.25) is 0 Å². The summed E-state index contributed by atoms with van der Waals surface area (Å²) < 4.78 is 14.6. The Bertz CT molecular complexity index is 597. The van der Waals surface area contributed by atoms with Crippen LogP contribution in [0.3, 0.4) is 0 Å². The molecular weight excluding hydrogens is 305 g/mol. The molecule has 0 aromatic heterocycles. The van der Waals surface area contributed by atoms with E-state index in [4.69, 9.17) is 0 Å². The first kappa shape index (κ1) is 12.8. The number of fused-ring (bicyclic) bond motifs is 1. The molecule has 3 rings (SSSR count). The quantitative estimate of drug-likeness (QED) is 0.886. The Morgan fingerprint density at radius 3 is 2.95 bits per heavy atom. The summed E-state index contributed by atoms with van der Waals surface area (Å²) in [5.74, 6) is -0.151.